The first-order valence-electron chi connectivity index (χ1n) is 14.7. The van der Waals surface area contributed by atoms with E-state index in [1.54, 1.807) is 32.4 Å². The first kappa shape index (κ1) is 29.2. The zero-order valence-electron chi connectivity index (χ0n) is 25.1. The van der Waals surface area contributed by atoms with Crippen molar-refractivity contribution in [2.45, 2.75) is 25.5 Å². The van der Waals surface area contributed by atoms with E-state index in [4.69, 9.17) is 19.2 Å². The van der Waals surface area contributed by atoms with Gasteiger partial charge in [-0.3, -0.25) is 19.5 Å². The van der Waals surface area contributed by atoms with Crippen molar-refractivity contribution in [2.24, 2.45) is 4.99 Å². The van der Waals surface area contributed by atoms with Crippen molar-refractivity contribution in [3.63, 3.8) is 0 Å². The molecule has 4 aromatic carbocycles. The lowest BCUT2D eigenvalue weighted by atomic mass is 9.83. The minimum Gasteiger partial charge on any atom is -0.497 e. The lowest BCUT2D eigenvalue weighted by Gasteiger charge is -2.31. The highest BCUT2D eigenvalue weighted by Crippen LogP contribution is 2.41. The summed E-state index contributed by atoms with van der Waals surface area (Å²) >= 11 is 1.37. The molecule has 0 saturated carbocycles. The molecule has 46 heavy (non-hydrogen) atoms. The Morgan fingerprint density at radius 2 is 1.78 bits per heavy atom. The Kier molecular flexibility index (Phi) is 7.71. The van der Waals surface area contributed by atoms with Gasteiger partial charge in [0.05, 0.1) is 35.4 Å². The Labute approximate surface area is 268 Å². The molecule has 230 valence electrons. The van der Waals surface area contributed by atoms with Crippen LogP contribution in [0.2, 0.25) is 0 Å². The maximum Gasteiger partial charge on any atom is 0.271 e. The van der Waals surface area contributed by atoms with Gasteiger partial charge in [-0.05, 0) is 83.1 Å². The number of hydrogen-bond acceptors (Lipinski definition) is 8. The summed E-state index contributed by atoms with van der Waals surface area (Å²) in [7, 11) is 3.20. The molecular weight excluding hydrogens is 602 g/mol. The van der Waals surface area contributed by atoms with Crippen molar-refractivity contribution in [1.29, 1.82) is 0 Å². The number of methoxy groups -OCH3 is 2. The zero-order valence-corrected chi connectivity index (χ0v) is 26.0. The molecule has 9 nitrogen and oxygen atoms in total. The van der Waals surface area contributed by atoms with E-state index in [-0.39, 0.29) is 23.9 Å². The maximum atomic E-state index is 14.2. The van der Waals surface area contributed by atoms with E-state index in [0.29, 0.717) is 20.8 Å². The number of aromatic nitrogens is 1. The summed E-state index contributed by atoms with van der Waals surface area (Å²) in [6.07, 6.45) is 3.54. The van der Waals surface area contributed by atoms with Crippen LogP contribution in [0, 0.1) is 10.1 Å². The number of nitrogens with zero attached hydrogens (tertiary/aromatic N) is 3. The topological polar surface area (TPSA) is 105 Å². The SMILES string of the molecule is COc1cccc([C@H]2C3=C(N=c4s/c(=C/c5ccc(OCc6ccc([N+](=O)[O-])cc6)c(OC)c5)c(=O)n42)c2ccccc2CC3)c1. The summed E-state index contributed by atoms with van der Waals surface area (Å²) in [6.45, 7) is 0.213. The van der Waals surface area contributed by atoms with Crippen molar-refractivity contribution in [3.8, 4) is 17.2 Å². The molecule has 1 aromatic heterocycles. The monoisotopic (exact) mass is 631 g/mol. The van der Waals surface area contributed by atoms with Gasteiger partial charge in [0.25, 0.3) is 11.2 Å². The quantitative estimate of drug-likeness (QED) is 0.158. The van der Waals surface area contributed by atoms with Gasteiger partial charge in [-0.2, -0.15) is 0 Å². The van der Waals surface area contributed by atoms with E-state index >= 15 is 0 Å². The molecule has 0 spiro atoms. The largest absolute Gasteiger partial charge is 0.497 e. The van der Waals surface area contributed by atoms with Crippen molar-refractivity contribution in [2.75, 3.05) is 14.2 Å². The molecule has 0 N–H and O–H groups in total. The Balaban J connectivity index is 1.27. The number of hydrogen-bond donors (Lipinski definition) is 0. The molecule has 2 heterocycles. The number of nitro benzene ring substituents is 1. The van der Waals surface area contributed by atoms with Crippen LogP contribution in [0.5, 0.6) is 17.2 Å². The molecule has 7 rings (SSSR count). The molecule has 0 saturated heterocycles. The molecule has 0 unspecified atom stereocenters. The van der Waals surface area contributed by atoms with Crippen LogP contribution in [-0.4, -0.2) is 23.7 Å². The average molecular weight is 632 g/mol. The fourth-order valence-electron chi connectivity index (χ4n) is 6.05. The summed E-state index contributed by atoms with van der Waals surface area (Å²) in [5.41, 5.74) is 6.89. The third-order valence-electron chi connectivity index (χ3n) is 8.31. The number of benzene rings is 4. The van der Waals surface area contributed by atoms with E-state index in [2.05, 4.69) is 18.2 Å². The number of allylic oxidation sites excluding steroid dienone is 1. The fourth-order valence-corrected chi connectivity index (χ4v) is 7.05. The van der Waals surface area contributed by atoms with Gasteiger partial charge in [0, 0.05) is 17.7 Å². The van der Waals surface area contributed by atoms with Crippen LogP contribution in [0.4, 0.5) is 5.69 Å². The van der Waals surface area contributed by atoms with E-state index < -0.39 is 4.92 Å². The van der Waals surface area contributed by atoms with Crippen LogP contribution >= 0.6 is 11.3 Å². The number of thiazole rings is 1. The molecule has 0 radical (unpaired) electrons. The molecule has 0 amide bonds. The summed E-state index contributed by atoms with van der Waals surface area (Å²) in [6, 6.07) is 27.7. The molecule has 0 bridgehead atoms. The third-order valence-corrected chi connectivity index (χ3v) is 9.29. The Bertz CT molecular complexity index is 2200. The van der Waals surface area contributed by atoms with Gasteiger partial charge in [0.1, 0.15) is 12.4 Å². The first-order valence-corrected chi connectivity index (χ1v) is 15.6. The predicted molar refractivity (Wildman–Crippen MR) is 176 cm³/mol. The van der Waals surface area contributed by atoms with Crippen LogP contribution in [0.3, 0.4) is 0 Å². The standard InChI is InChI=1S/C36H29N3O6S/c1-43-27-8-5-7-25(20-27)34-29-16-13-24-6-3-4-9-28(24)33(29)37-36-38(34)35(40)32(46-36)19-23-12-17-30(31(18-23)44-2)45-21-22-10-14-26(15-11-22)39(41)42/h3-12,14-15,17-20,34H,13,16,21H2,1-2H3/b32-19+/t34-/m0/s1. The first-order chi connectivity index (χ1) is 22.4. The number of rotatable bonds is 8. The molecule has 1 aliphatic heterocycles. The van der Waals surface area contributed by atoms with E-state index in [1.807, 2.05) is 53.1 Å². The van der Waals surface area contributed by atoms with Crippen molar-refractivity contribution in [1.82, 2.24) is 4.57 Å². The minimum atomic E-state index is -0.435. The van der Waals surface area contributed by atoms with Crippen LogP contribution < -0.4 is 29.1 Å². The Morgan fingerprint density at radius 3 is 2.57 bits per heavy atom. The van der Waals surface area contributed by atoms with Gasteiger partial charge in [0.2, 0.25) is 0 Å². The van der Waals surface area contributed by atoms with Gasteiger partial charge in [0.15, 0.2) is 16.3 Å². The number of nitro groups is 1. The van der Waals surface area contributed by atoms with Crippen LogP contribution in [0.1, 0.15) is 40.3 Å². The van der Waals surface area contributed by atoms with Gasteiger partial charge in [-0.25, -0.2) is 4.99 Å². The number of non-ortho nitro benzene ring substituents is 1. The molecule has 1 aliphatic carbocycles. The summed E-state index contributed by atoms with van der Waals surface area (Å²) in [4.78, 5) is 30.4. The second kappa shape index (κ2) is 12.1. The Morgan fingerprint density at radius 1 is 0.957 bits per heavy atom. The number of ether oxygens (including phenoxy) is 3. The maximum absolute atomic E-state index is 14.2. The molecular formula is C36H29N3O6S. The van der Waals surface area contributed by atoms with Crippen LogP contribution in [-0.2, 0) is 13.0 Å². The molecule has 0 fully saturated rings. The lowest BCUT2D eigenvalue weighted by Crippen LogP contribution is -2.38. The zero-order chi connectivity index (χ0) is 31.8. The van der Waals surface area contributed by atoms with Gasteiger partial charge in [-0.1, -0.05) is 53.8 Å². The predicted octanol–water partition coefficient (Wildman–Crippen LogP) is 5.82. The van der Waals surface area contributed by atoms with E-state index in [0.717, 1.165) is 52.1 Å². The summed E-state index contributed by atoms with van der Waals surface area (Å²) < 4.78 is 19.5. The lowest BCUT2D eigenvalue weighted by molar-refractivity contribution is -0.384. The minimum absolute atomic E-state index is 0.0239. The van der Waals surface area contributed by atoms with Gasteiger partial charge in [-0.15, -0.1) is 0 Å². The fraction of sp³-hybridized carbons (Fsp3) is 0.167. The van der Waals surface area contributed by atoms with Crippen LogP contribution in [0.15, 0.2) is 106 Å². The van der Waals surface area contributed by atoms with Crippen molar-refractivity contribution < 1.29 is 19.1 Å². The van der Waals surface area contributed by atoms with E-state index in [1.165, 1.54) is 29.0 Å². The molecule has 10 heteroatoms. The highest BCUT2D eigenvalue weighted by Gasteiger charge is 2.32. The number of fused-ring (bicyclic) bond motifs is 3. The molecule has 5 aromatic rings. The smallest absolute Gasteiger partial charge is 0.271 e. The summed E-state index contributed by atoms with van der Waals surface area (Å²) in [5.74, 6) is 1.76. The Hall–Kier alpha value is -5.48. The highest BCUT2D eigenvalue weighted by atomic mass is 32.1. The van der Waals surface area contributed by atoms with E-state index in [9.17, 15) is 14.9 Å². The van der Waals surface area contributed by atoms with Crippen LogP contribution in [0.25, 0.3) is 11.8 Å². The third kappa shape index (κ3) is 5.37. The molecule has 1 atom stereocenters. The van der Waals surface area contributed by atoms with Gasteiger partial charge < -0.3 is 14.2 Å². The average Bonchev–Trinajstić information content (AvgIpc) is 3.40. The normalized spacial score (nSPS) is 15.3. The molecule has 2 aliphatic rings. The second-order valence-electron chi connectivity index (χ2n) is 11.0. The van der Waals surface area contributed by atoms with Gasteiger partial charge >= 0.3 is 0 Å². The van der Waals surface area contributed by atoms with Crippen molar-refractivity contribution in [3.05, 3.63) is 154 Å². The highest BCUT2D eigenvalue weighted by molar-refractivity contribution is 7.07. The number of aryl methyl sites for hydroxylation is 1. The van der Waals surface area contributed by atoms with Crippen molar-refractivity contribution >= 4 is 28.8 Å². The second-order valence-corrected chi connectivity index (χ2v) is 12.0. The summed E-state index contributed by atoms with van der Waals surface area (Å²) in [5, 5.41) is 10.9.